The maximum absolute atomic E-state index is 13.0. The average molecular weight is 543 g/mol. The normalized spacial score (nSPS) is 20.7. The van der Waals surface area contributed by atoms with Crippen LogP contribution in [0.4, 0.5) is 0 Å². The van der Waals surface area contributed by atoms with Crippen LogP contribution in [0.3, 0.4) is 0 Å². The van der Waals surface area contributed by atoms with Crippen molar-refractivity contribution in [2.45, 2.75) is 89.2 Å². The first-order valence-corrected chi connectivity index (χ1v) is 12.6. The number of benzene rings is 1. The molecule has 0 amide bonds. The highest BCUT2D eigenvalue weighted by atomic mass is 79.9. The number of carbonyl (C=O) groups is 2. The van der Waals surface area contributed by atoms with Gasteiger partial charge in [-0.2, -0.15) is 5.06 Å². The van der Waals surface area contributed by atoms with Crippen LogP contribution < -0.4 is 0 Å². The summed E-state index contributed by atoms with van der Waals surface area (Å²) in [6, 6.07) is 9.63. The second-order valence-corrected chi connectivity index (χ2v) is 13.1. The van der Waals surface area contributed by atoms with Gasteiger partial charge in [0.05, 0.1) is 6.61 Å². The molecule has 0 aromatic heterocycles. The Bertz CT molecular complexity index is 819. The molecule has 8 heteroatoms. The SMILES string of the molecule is CC(C)(Br)C(=O)OCC(C)(CO)C(=O)OCC(ON1C(C)(C)CCCC1(C)C)c1ccccc1. The number of esters is 2. The van der Waals surface area contributed by atoms with E-state index in [-0.39, 0.29) is 24.3 Å². The number of piperidine rings is 1. The number of hydroxylamine groups is 2. The van der Waals surface area contributed by atoms with Gasteiger partial charge in [0.25, 0.3) is 0 Å². The summed E-state index contributed by atoms with van der Waals surface area (Å²) in [5, 5.41) is 12.0. The van der Waals surface area contributed by atoms with E-state index in [1.54, 1.807) is 13.8 Å². The van der Waals surface area contributed by atoms with Crippen LogP contribution in [0.5, 0.6) is 0 Å². The molecule has 1 aromatic rings. The molecule has 34 heavy (non-hydrogen) atoms. The number of rotatable bonds is 10. The molecule has 0 saturated carbocycles. The molecule has 2 rings (SSSR count). The topological polar surface area (TPSA) is 85.3 Å². The van der Waals surface area contributed by atoms with Crippen molar-refractivity contribution in [1.29, 1.82) is 0 Å². The molecule has 0 bridgehead atoms. The molecule has 1 saturated heterocycles. The van der Waals surface area contributed by atoms with Crippen molar-refractivity contribution >= 4 is 27.9 Å². The molecule has 1 aromatic carbocycles. The number of halogens is 1. The minimum absolute atomic E-state index is 0.0427. The monoisotopic (exact) mass is 541 g/mol. The van der Waals surface area contributed by atoms with Gasteiger partial charge >= 0.3 is 11.9 Å². The minimum atomic E-state index is -1.39. The van der Waals surface area contributed by atoms with Crippen molar-refractivity contribution in [3.05, 3.63) is 35.9 Å². The number of hydrogen-bond donors (Lipinski definition) is 1. The van der Waals surface area contributed by atoms with Crippen molar-refractivity contribution in [2.75, 3.05) is 19.8 Å². The van der Waals surface area contributed by atoms with Crippen LogP contribution in [0.25, 0.3) is 0 Å². The van der Waals surface area contributed by atoms with Crippen molar-refractivity contribution in [3.63, 3.8) is 0 Å². The van der Waals surface area contributed by atoms with Crippen molar-refractivity contribution in [1.82, 2.24) is 5.06 Å². The number of alkyl halides is 1. The summed E-state index contributed by atoms with van der Waals surface area (Å²) in [5.41, 5.74) is -0.881. The zero-order chi connectivity index (χ0) is 25.8. The molecular weight excluding hydrogens is 502 g/mol. The summed E-state index contributed by atoms with van der Waals surface area (Å²) in [7, 11) is 0. The summed E-state index contributed by atoms with van der Waals surface area (Å²) in [4.78, 5) is 31.7. The third-order valence-electron chi connectivity index (χ3n) is 6.30. The van der Waals surface area contributed by atoms with Crippen LogP contribution in [0.1, 0.15) is 79.4 Å². The average Bonchev–Trinajstić information content (AvgIpc) is 2.75. The van der Waals surface area contributed by atoms with Crippen molar-refractivity contribution < 1.29 is 29.0 Å². The summed E-state index contributed by atoms with van der Waals surface area (Å²) in [6.45, 7) is 12.6. The highest BCUT2D eigenvalue weighted by Crippen LogP contribution is 2.40. The molecule has 1 aliphatic heterocycles. The Morgan fingerprint density at radius 2 is 1.59 bits per heavy atom. The quantitative estimate of drug-likeness (QED) is 0.331. The predicted molar refractivity (Wildman–Crippen MR) is 134 cm³/mol. The standard InChI is InChI=1S/C26H40BrNO6/c1-23(2)14-11-15-24(3,4)28(23)34-20(19-12-9-8-10-13-19)16-32-22(31)26(7,17-29)18-33-21(30)25(5,6)27/h8-10,12-13,20,29H,11,14-18H2,1-7H3. The molecule has 0 radical (unpaired) electrons. The molecule has 0 spiro atoms. The highest BCUT2D eigenvalue weighted by Gasteiger charge is 2.44. The Morgan fingerprint density at radius 3 is 2.09 bits per heavy atom. The van der Waals surface area contributed by atoms with Gasteiger partial charge in [0, 0.05) is 11.1 Å². The second kappa shape index (κ2) is 11.1. The van der Waals surface area contributed by atoms with Crippen LogP contribution in [0.2, 0.25) is 0 Å². The summed E-state index contributed by atoms with van der Waals surface area (Å²) < 4.78 is 10.0. The molecule has 7 nitrogen and oxygen atoms in total. The van der Waals surface area contributed by atoms with E-state index in [1.807, 2.05) is 35.4 Å². The first-order chi connectivity index (χ1) is 15.6. The molecule has 1 heterocycles. The molecule has 2 atom stereocenters. The van der Waals surface area contributed by atoms with Gasteiger partial charge < -0.3 is 14.6 Å². The lowest BCUT2D eigenvalue weighted by atomic mass is 9.82. The van der Waals surface area contributed by atoms with Crippen LogP contribution in [-0.2, 0) is 23.9 Å². The lowest BCUT2D eigenvalue weighted by Crippen LogP contribution is -2.58. The fourth-order valence-electron chi connectivity index (χ4n) is 4.14. The fourth-order valence-corrected chi connectivity index (χ4v) is 4.25. The van der Waals surface area contributed by atoms with Gasteiger partial charge in [-0.05, 0) is 73.3 Å². The number of hydrogen-bond acceptors (Lipinski definition) is 7. The Labute approximate surface area is 212 Å². The van der Waals surface area contributed by atoms with Crippen LogP contribution in [0, 0.1) is 5.41 Å². The van der Waals surface area contributed by atoms with Gasteiger partial charge in [-0.1, -0.05) is 46.3 Å². The third kappa shape index (κ3) is 7.26. The van der Waals surface area contributed by atoms with Crippen molar-refractivity contribution in [2.24, 2.45) is 5.41 Å². The third-order valence-corrected chi connectivity index (χ3v) is 6.62. The Morgan fingerprint density at radius 1 is 1.03 bits per heavy atom. The predicted octanol–water partition coefficient (Wildman–Crippen LogP) is 4.96. The van der Waals surface area contributed by atoms with Crippen LogP contribution >= 0.6 is 15.9 Å². The Balaban J connectivity index is 2.17. The van der Waals surface area contributed by atoms with E-state index >= 15 is 0 Å². The van der Waals surface area contributed by atoms with E-state index in [0.29, 0.717) is 0 Å². The van der Waals surface area contributed by atoms with Crippen LogP contribution in [-0.4, -0.2) is 57.3 Å². The molecule has 2 unspecified atom stereocenters. The lowest BCUT2D eigenvalue weighted by molar-refractivity contribution is -0.312. The molecule has 1 aliphatic rings. The molecule has 1 fully saturated rings. The van der Waals surface area contributed by atoms with E-state index in [2.05, 4.69) is 43.6 Å². The van der Waals surface area contributed by atoms with Gasteiger partial charge in [0.2, 0.25) is 0 Å². The van der Waals surface area contributed by atoms with Gasteiger partial charge in [-0.25, -0.2) is 0 Å². The molecule has 0 aliphatic carbocycles. The van der Waals surface area contributed by atoms with Crippen molar-refractivity contribution in [3.8, 4) is 0 Å². The summed E-state index contributed by atoms with van der Waals surface area (Å²) in [5.74, 6) is -1.18. The van der Waals surface area contributed by atoms with Gasteiger partial charge in [0.15, 0.2) is 0 Å². The zero-order valence-corrected chi connectivity index (χ0v) is 23.1. The van der Waals surface area contributed by atoms with Gasteiger partial charge in [0.1, 0.15) is 29.1 Å². The van der Waals surface area contributed by atoms with E-state index in [9.17, 15) is 14.7 Å². The maximum atomic E-state index is 13.0. The number of aliphatic hydroxyl groups excluding tert-OH is 1. The summed E-state index contributed by atoms with van der Waals surface area (Å²) >= 11 is 3.24. The van der Waals surface area contributed by atoms with Gasteiger partial charge in [-0.15, -0.1) is 0 Å². The first-order valence-electron chi connectivity index (χ1n) is 11.8. The Hall–Kier alpha value is -1.48. The summed E-state index contributed by atoms with van der Waals surface area (Å²) in [6.07, 6.45) is 2.57. The maximum Gasteiger partial charge on any atom is 0.322 e. The zero-order valence-electron chi connectivity index (χ0n) is 21.5. The minimum Gasteiger partial charge on any atom is -0.463 e. The number of carbonyl (C=O) groups excluding carboxylic acids is 2. The Kier molecular flexibility index (Phi) is 9.35. The molecule has 192 valence electrons. The highest BCUT2D eigenvalue weighted by molar-refractivity contribution is 9.10. The number of nitrogens with zero attached hydrogens (tertiary/aromatic N) is 1. The smallest absolute Gasteiger partial charge is 0.322 e. The lowest BCUT2D eigenvalue weighted by Gasteiger charge is -2.52. The van der Waals surface area contributed by atoms with E-state index in [4.69, 9.17) is 14.3 Å². The van der Waals surface area contributed by atoms with E-state index < -0.39 is 34.4 Å². The number of ether oxygens (including phenoxy) is 2. The van der Waals surface area contributed by atoms with E-state index in [0.717, 1.165) is 24.8 Å². The van der Waals surface area contributed by atoms with Crippen LogP contribution in [0.15, 0.2) is 30.3 Å². The van der Waals surface area contributed by atoms with Gasteiger partial charge in [-0.3, -0.25) is 14.4 Å². The largest absolute Gasteiger partial charge is 0.463 e. The first kappa shape index (κ1) is 28.8. The molecular formula is C26H40BrNO6. The van der Waals surface area contributed by atoms with E-state index in [1.165, 1.54) is 6.92 Å². The number of aliphatic hydroxyl groups is 1. The molecule has 1 N–H and O–H groups in total. The fraction of sp³-hybridized carbons (Fsp3) is 0.692. The second-order valence-electron chi connectivity index (χ2n) is 11.1.